The second kappa shape index (κ2) is 16.1. The van der Waals surface area contributed by atoms with Crippen molar-refractivity contribution in [2.75, 3.05) is 25.6 Å². The van der Waals surface area contributed by atoms with Crippen molar-refractivity contribution in [2.45, 2.75) is 83.5 Å². The molecule has 1 aliphatic carbocycles. The average Bonchev–Trinajstić information content (AvgIpc) is 3.04. The fourth-order valence-corrected chi connectivity index (χ4v) is 6.04. The highest BCUT2D eigenvalue weighted by atomic mass is 19.1. The van der Waals surface area contributed by atoms with Gasteiger partial charge in [0.2, 0.25) is 0 Å². The van der Waals surface area contributed by atoms with Gasteiger partial charge in [-0.05, 0) is 72.6 Å². The zero-order valence-corrected chi connectivity index (χ0v) is 26.2. The average molecular weight is 615 g/mol. The van der Waals surface area contributed by atoms with Crippen molar-refractivity contribution in [2.24, 2.45) is 11.7 Å². The highest BCUT2D eigenvalue weighted by molar-refractivity contribution is 5.75. The Morgan fingerprint density at radius 2 is 1.84 bits per heavy atom. The zero-order valence-electron chi connectivity index (χ0n) is 26.2. The van der Waals surface area contributed by atoms with Crippen molar-refractivity contribution < 1.29 is 27.8 Å². The number of ether oxygens (including phenoxy) is 1. The van der Waals surface area contributed by atoms with Crippen molar-refractivity contribution in [3.63, 3.8) is 0 Å². The molecule has 0 amide bonds. The highest BCUT2D eigenvalue weighted by Gasteiger charge is 2.36. The first-order chi connectivity index (χ1) is 21.1. The summed E-state index contributed by atoms with van der Waals surface area (Å²) in [5, 5.41) is 13.3. The van der Waals surface area contributed by atoms with Gasteiger partial charge in [-0.25, -0.2) is 18.2 Å². The second-order valence-electron chi connectivity index (χ2n) is 11.1. The van der Waals surface area contributed by atoms with E-state index in [-0.39, 0.29) is 60.7 Å². The van der Waals surface area contributed by atoms with Crippen LogP contribution in [0.3, 0.4) is 0 Å². The third-order valence-electron chi connectivity index (χ3n) is 8.47. The van der Waals surface area contributed by atoms with E-state index in [2.05, 4.69) is 28.3 Å². The van der Waals surface area contributed by atoms with Gasteiger partial charge in [0.15, 0.2) is 6.29 Å². The van der Waals surface area contributed by atoms with Crippen LogP contribution in [-0.4, -0.2) is 53.8 Å². The number of anilines is 1. The molecule has 1 saturated carbocycles. The Kier molecular flexibility index (Phi) is 12.9. The first kappa shape index (κ1) is 35.1. The molecule has 10 heteroatoms. The molecular formula is C34H45F3N4O3. The third-order valence-corrected chi connectivity index (χ3v) is 8.47. The van der Waals surface area contributed by atoms with Crippen LogP contribution >= 0.6 is 0 Å². The van der Waals surface area contributed by atoms with E-state index < -0.39 is 17.3 Å². The molecule has 0 bridgehead atoms. The molecular weight excluding hydrogens is 569 g/mol. The Labute approximate surface area is 258 Å². The number of aldehydes is 1. The fraction of sp³-hybridized carbons (Fsp3) is 0.500. The number of nitrogens with one attached hydrogen (secondary N) is 1. The fourth-order valence-electron chi connectivity index (χ4n) is 6.04. The monoisotopic (exact) mass is 614 g/mol. The van der Waals surface area contributed by atoms with Crippen molar-refractivity contribution >= 4 is 12.0 Å². The molecule has 240 valence electrons. The highest BCUT2D eigenvalue weighted by Crippen LogP contribution is 2.40. The maximum absolute atomic E-state index is 15.0. The molecule has 3 heterocycles. The maximum atomic E-state index is 15.0. The van der Waals surface area contributed by atoms with E-state index in [1.54, 1.807) is 6.92 Å². The lowest BCUT2D eigenvalue weighted by atomic mass is 9.73. The second-order valence-corrected chi connectivity index (χ2v) is 11.1. The van der Waals surface area contributed by atoms with Crippen LogP contribution in [-0.2, 0) is 10.4 Å². The largest absolute Gasteiger partial charge is 0.391 e. The third kappa shape index (κ3) is 8.02. The summed E-state index contributed by atoms with van der Waals surface area (Å²) in [5.74, 6) is -0.783. The molecule has 0 spiro atoms. The number of benzene rings is 1. The number of pyridine rings is 2. The summed E-state index contributed by atoms with van der Waals surface area (Å²) in [6, 6.07) is 6.82. The van der Waals surface area contributed by atoms with Gasteiger partial charge in [0.05, 0.1) is 18.0 Å². The summed E-state index contributed by atoms with van der Waals surface area (Å²) in [6.45, 7) is 8.24. The summed E-state index contributed by atoms with van der Waals surface area (Å²) < 4.78 is 48.9. The first-order valence-electron chi connectivity index (χ1n) is 15.4. The number of carbonyl (C=O) groups is 1. The molecule has 3 unspecified atom stereocenters. The molecule has 2 aromatic heterocycles. The number of aliphatic hydroxyl groups excluding tert-OH is 1. The Morgan fingerprint density at radius 3 is 2.45 bits per heavy atom. The Morgan fingerprint density at radius 1 is 1.14 bits per heavy atom. The van der Waals surface area contributed by atoms with Gasteiger partial charge < -0.3 is 20.9 Å². The summed E-state index contributed by atoms with van der Waals surface area (Å²) in [4.78, 5) is 18.8. The smallest absolute Gasteiger partial charge is 0.168 e. The number of carbonyl (C=O) groups excluding carboxylic acids is 1. The number of rotatable bonds is 6. The number of nitrogens with zero attached hydrogens (tertiary/aromatic N) is 2. The SMILES string of the molecule is CC.CC[C@H]1CC(c2ccncc2NC)CC(N)C1O.Cc1cc(C2(F)CCOCC2)cc(F)c1-c1nc(C=O)ccc1F. The molecule has 5 rings (SSSR count). The zero-order chi connectivity index (χ0) is 32.4. The lowest BCUT2D eigenvalue weighted by Gasteiger charge is -2.38. The van der Waals surface area contributed by atoms with E-state index in [1.807, 2.05) is 33.3 Å². The van der Waals surface area contributed by atoms with E-state index in [0.717, 1.165) is 37.1 Å². The Bertz CT molecular complexity index is 1360. The molecule has 1 aromatic carbocycles. The minimum absolute atomic E-state index is 0.000618. The predicted octanol–water partition coefficient (Wildman–Crippen LogP) is 6.86. The molecule has 4 atom stereocenters. The van der Waals surface area contributed by atoms with Crippen LogP contribution in [0, 0.1) is 24.5 Å². The number of aryl methyl sites for hydroxylation is 1. The van der Waals surface area contributed by atoms with Crippen LogP contribution in [0.2, 0.25) is 0 Å². The Balaban J connectivity index is 0.000000236. The number of hydrogen-bond donors (Lipinski definition) is 3. The van der Waals surface area contributed by atoms with E-state index in [1.165, 1.54) is 17.7 Å². The normalized spacial score (nSPS) is 22.5. The number of hydrogen-bond acceptors (Lipinski definition) is 7. The minimum Gasteiger partial charge on any atom is -0.391 e. The lowest BCUT2D eigenvalue weighted by molar-refractivity contribution is -0.0116. The number of nitrogens with two attached hydrogens (primary N) is 1. The van der Waals surface area contributed by atoms with Crippen molar-refractivity contribution in [1.82, 2.24) is 9.97 Å². The predicted molar refractivity (Wildman–Crippen MR) is 167 cm³/mol. The molecule has 7 nitrogen and oxygen atoms in total. The topological polar surface area (TPSA) is 110 Å². The maximum Gasteiger partial charge on any atom is 0.168 e. The number of aromatic nitrogens is 2. The van der Waals surface area contributed by atoms with E-state index in [4.69, 9.17) is 10.5 Å². The van der Waals surface area contributed by atoms with Gasteiger partial charge in [-0.3, -0.25) is 9.78 Å². The summed E-state index contributed by atoms with van der Waals surface area (Å²) in [6.07, 6.45) is 6.91. The number of aliphatic hydroxyl groups is 1. The standard InChI is InChI=1S/C18H16F3NO2.C14H23N3O.C2H6/c1-11-8-12(18(21)4-6-24-7-5-18)9-15(20)16(11)17-14(19)3-2-13(10-23)22-17;1-3-9-6-10(7-12(15)14(9)18)11-4-5-17-8-13(11)16-2;1-2/h2-3,8-10H,4-7H2,1H3;4-5,8-10,12,14,16,18H,3,6-7,15H2,1-2H3;1-2H3/t;9-,10?,12?,14?;/m.0./s1. The van der Waals surface area contributed by atoms with Crippen LogP contribution in [0.1, 0.15) is 86.0 Å². The minimum atomic E-state index is -1.65. The molecule has 1 aliphatic heterocycles. The van der Waals surface area contributed by atoms with Crippen molar-refractivity contribution in [3.8, 4) is 11.3 Å². The van der Waals surface area contributed by atoms with Crippen LogP contribution < -0.4 is 11.1 Å². The van der Waals surface area contributed by atoms with Crippen LogP contribution in [0.25, 0.3) is 11.3 Å². The van der Waals surface area contributed by atoms with Crippen molar-refractivity contribution in [3.05, 3.63) is 76.7 Å². The van der Waals surface area contributed by atoms with Gasteiger partial charge in [-0.15, -0.1) is 0 Å². The summed E-state index contributed by atoms with van der Waals surface area (Å²) >= 11 is 0. The lowest BCUT2D eigenvalue weighted by Crippen LogP contribution is -2.45. The van der Waals surface area contributed by atoms with Gasteiger partial charge in [0, 0.05) is 50.9 Å². The van der Waals surface area contributed by atoms with Gasteiger partial charge in [0.25, 0.3) is 0 Å². The first-order valence-corrected chi connectivity index (χ1v) is 15.4. The quantitative estimate of drug-likeness (QED) is 0.260. The molecule has 3 aromatic rings. The van der Waals surface area contributed by atoms with Gasteiger partial charge in [0.1, 0.15) is 28.7 Å². The Hall–Kier alpha value is -3.34. The van der Waals surface area contributed by atoms with Gasteiger partial charge in [-0.2, -0.15) is 0 Å². The summed E-state index contributed by atoms with van der Waals surface area (Å²) in [5.41, 5.74) is 7.04. The van der Waals surface area contributed by atoms with Crippen LogP contribution in [0.5, 0.6) is 0 Å². The molecule has 4 N–H and O–H groups in total. The van der Waals surface area contributed by atoms with E-state index in [0.29, 0.717) is 23.7 Å². The number of halogens is 3. The van der Waals surface area contributed by atoms with Crippen molar-refractivity contribution in [1.29, 1.82) is 0 Å². The van der Waals surface area contributed by atoms with Gasteiger partial charge in [-0.1, -0.05) is 33.3 Å². The van der Waals surface area contributed by atoms with E-state index in [9.17, 15) is 18.7 Å². The molecule has 2 aliphatic rings. The number of alkyl halides is 1. The summed E-state index contributed by atoms with van der Waals surface area (Å²) in [7, 11) is 1.91. The molecule has 0 radical (unpaired) electrons. The van der Waals surface area contributed by atoms with Gasteiger partial charge >= 0.3 is 0 Å². The van der Waals surface area contributed by atoms with Crippen LogP contribution in [0.15, 0.2) is 42.7 Å². The van der Waals surface area contributed by atoms with E-state index >= 15 is 4.39 Å². The molecule has 2 fully saturated rings. The molecule has 1 saturated heterocycles. The molecule has 44 heavy (non-hydrogen) atoms. The van der Waals surface area contributed by atoms with Crippen LogP contribution in [0.4, 0.5) is 18.9 Å².